The van der Waals surface area contributed by atoms with Gasteiger partial charge in [-0.15, -0.1) is 0 Å². The number of carbonyl (C=O) groups is 1. The van der Waals surface area contributed by atoms with Crippen molar-refractivity contribution in [1.29, 1.82) is 0 Å². The zero-order valence-corrected chi connectivity index (χ0v) is 18.2. The summed E-state index contributed by atoms with van der Waals surface area (Å²) in [5.74, 6) is 0.311. The second-order valence-corrected chi connectivity index (χ2v) is 7.53. The molecule has 0 fully saturated rings. The number of hydrogen-bond donors (Lipinski definition) is 1. The van der Waals surface area contributed by atoms with E-state index in [1.807, 2.05) is 43.3 Å². The zero-order chi connectivity index (χ0) is 20.8. The van der Waals surface area contributed by atoms with E-state index < -0.39 is 5.97 Å². The molecule has 0 heterocycles. The second kappa shape index (κ2) is 9.56. The molecule has 0 spiro atoms. The number of aromatic carboxylic acids is 1. The average Bonchev–Trinajstić information content (AvgIpc) is 2.72. The summed E-state index contributed by atoms with van der Waals surface area (Å²) in [6, 6.07) is 18.4. The third-order valence-corrected chi connectivity index (χ3v) is 5.11. The van der Waals surface area contributed by atoms with E-state index in [1.54, 1.807) is 37.6 Å². The molecular formula is C23H20INO4. The number of aryl methyl sites for hydroxylation is 1. The third kappa shape index (κ3) is 5.35. The molecule has 29 heavy (non-hydrogen) atoms. The molecule has 0 amide bonds. The van der Waals surface area contributed by atoms with Crippen LogP contribution in [0.5, 0.6) is 11.5 Å². The lowest BCUT2D eigenvalue weighted by molar-refractivity contribution is 0.0697. The van der Waals surface area contributed by atoms with Gasteiger partial charge in [-0.1, -0.05) is 30.3 Å². The Morgan fingerprint density at radius 2 is 1.86 bits per heavy atom. The molecule has 0 aliphatic rings. The van der Waals surface area contributed by atoms with Gasteiger partial charge in [-0.25, -0.2) is 4.79 Å². The van der Waals surface area contributed by atoms with Gasteiger partial charge < -0.3 is 14.6 Å². The first-order valence-electron chi connectivity index (χ1n) is 8.90. The number of benzene rings is 3. The van der Waals surface area contributed by atoms with E-state index in [4.69, 9.17) is 14.6 Å². The number of hydrogen-bond acceptors (Lipinski definition) is 4. The number of carboxylic acids is 1. The topological polar surface area (TPSA) is 68.1 Å². The predicted octanol–water partition coefficient (Wildman–Crippen LogP) is 5.64. The van der Waals surface area contributed by atoms with Gasteiger partial charge in [0.2, 0.25) is 0 Å². The maximum absolute atomic E-state index is 11.0. The van der Waals surface area contributed by atoms with Crippen molar-refractivity contribution >= 4 is 40.5 Å². The van der Waals surface area contributed by atoms with E-state index in [0.717, 1.165) is 25.9 Å². The van der Waals surface area contributed by atoms with Crippen LogP contribution in [-0.4, -0.2) is 24.4 Å². The largest absolute Gasteiger partial charge is 0.493 e. The summed E-state index contributed by atoms with van der Waals surface area (Å²) in [7, 11) is 1.60. The first kappa shape index (κ1) is 20.9. The van der Waals surface area contributed by atoms with Gasteiger partial charge in [0.05, 0.1) is 21.9 Å². The normalized spacial score (nSPS) is 10.9. The van der Waals surface area contributed by atoms with Crippen LogP contribution < -0.4 is 9.47 Å². The number of ether oxygens (including phenoxy) is 2. The van der Waals surface area contributed by atoms with Gasteiger partial charge in [0, 0.05) is 6.21 Å². The molecule has 0 atom stereocenters. The maximum Gasteiger partial charge on any atom is 0.335 e. The number of rotatable bonds is 7. The van der Waals surface area contributed by atoms with Crippen molar-refractivity contribution in [1.82, 2.24) is 0 Å². The number of para-hydroxylation sites is 1. The first-order valence-corrected chi connectivity index (χ1v) is 9.98. The van der Waals surface area contributed by atoms with Crippen LogP contribution in [0.2, 0.25) is 0 Å². The zero-order valence-electron chi connectivity index (χ0n) is 16.1. The lowest BCUT2D eigenvalue weighted by Crippen LogP contribution is -2.02. The van der Waals surface area contributed by atoms with Crippen LogP contribution in [-0.2, 0) is 6.61 Å². The molecular weight excluding hydrogens is 481 g/mol. The summed E-state index contributed by atoms with van der Waals surface area (Å²) in [4.78, 5) is 15.5. The lowest BCUT2D eigenvalue weighted by Gasteiger charge is -2.14. The standard InChI is InChI=1S/C23H20INO4/c1-15-5-3-4-6-20(15)25-13-17-11-19(24)22(21(12-17)28-2)29-14-16-7-9-18(10-8-16)23(26)27/h3-13H,14H2,1-2H3,(H,26,27). The molecule has 148 valence electrons. The van der Waals surface area contributed by atoms with Crippen molar-refractivity contribution in [2.75, 3.05) is 7.11 Å². The number of methoxy groups -OCH3 is 1. The van der Waals surface area contributed by atoms with E-state index >= 15 is 0 Å². The van der Waals surface area contributed by atoms with E-state index in [9.17, 15) is 4.79 Å². The second-order valence-electron chi connectivity index (χ2n) is 6.37. The van der Waals surface area contributed by atoms with Gasteiger partial charge in [-0.3, -0.25) is 4.99 Å². The number of aliphatic imine (C=N–C) groups is 1. The summed E-state index contributed by atoms with van der Waals surface area (Å²) >= 11 is 2.21. The van der Waals surface area contributed by atoms with Crippen LogP contribution in [0, 0.1) is 10.5 Å². The minimum absolute atomic E-state index is 0.248. The van der Waals surface area contributed by atoms with E-state index in [0.29, 0.717) is 18.1 Å². The van der Waals surface area contributed by atoms with Crippen molar-refractivity contribution in [2.24, 2.45) is 4.99 Å². The molecule has 3 aromatic carbocycles. The van der Waals surface area contributed by atoms with E-state index in [-0.39, 0.29) is 5.56 Å². The molecule has 0 bridgehead atoms. The molecule has 3 rings (SSSR count). The Morgan fingerprint density at radius 3 is 2.52 bits per heavy atom. The van der Waals surface area contributed by atoms with Crippen LogP contribution in [0.4, 0.5) is 5.69 Å². The molecule has 0 saturated carbocycles. The Morgan fingerprint density at radius 1 is 1.14 bits per heavy atom. The molecule has 0 aliphatic carbocycles. The molecule has 6 heteroatoms. The van der Waals surface area contributed by atoms with Crippen LogP contribution in [0.25, 0.3) is 0 Å². The minimum atomic E-state index is -0.948. The predicted molar refractivity (Wildman–Crippen MR) is 122 cm³/mol. The molecule has 3 aromatic rings. The average molecular weight is 501 g/mol. The summed E-state index contributed by atoms with van der Waals surface area (Å²) in [5, 5.41) is 8.99. The Balaban J connectivity index is 1.77. The molecule has 0 aromatic heterocycles. The van der Waals surface area contributed by atoms with Crippen molar-refractivity contribution in [3.8, 4) is 11.5 Å². The molecule has 5 nitrogen and oxygen atoms in total. The Hall–Kier alpha value is -2.87. The van der Waals surface area contributed by atoms with Crippen LogP contribution in [0.15, 0.2) is 65.7 Å². The molecule has 0 saturated heterocycles. The SMILES string of the molecule is COc1cc(C=Nc2ccccc2C)cc(I)c1OCc1ccc(C(=O)O)cc1. The smallest absolute Gasteiger partial charge is 0.335 e. The number of carboxylic acid groups (broad SMARTS) is 1. The van der Waals surface area contributed by atoms with Gasteiger partial charge >= 0.3 is 5.97 Å². The van der Waals surface area contributed by atoms with Gasteiger partial charge in [0.15, 0.2) is 11.5 Å². The maximum atomic E-state index is 11.0. The molecule has 0 unspecified atom stereocenters. The van der Waals surface area contributed by atoms with Gasteiger partial charge in [-0.05, 0) is 76.5 Å². The summed E-state index contributed by atoms with van der Waals surface area (Å²) in [5.41, 5.74) is 4.06. The summed E-state index contributed by atoms with van der Waals surface area (Å²) in [6.45, 7) is 2.33. The van der Waals surface area contributed by atoms with Crippen molar-refractivity contribution in [2.45, 2.75) is 13.5 Å². The highest BCUT2D eigenvalue weighted by atomic mass is 127. The quantitative estimate of drug-likeness (QED) is 0.336. The minimum Gasteiger partial charge on any atom is -0.493 e. The fourth-order valence-electron chi connectivity index (χ4n) is 2.71. The highest BCUT2D eigenvalue weighted by molar-refractivity contribution is 14.1. The first-order chi connectivity index (χ1) is 14.0. The molecule has 1 N–H and O–H groups in total. The highest BCUT2D eigenvalue weighted by Crippen LogP contribution is 2.34. The Bertz CT molecular complexity index is 1050. The van der Waals surface area contributed by atoms with Crippen LogP contribution >= 0.6 is 22.6 Å². The molecule has 0 aliphatic heterocycles. The fraction of sp³-hybridized carbons (Fsp3) is 0.130. The van der Waals surface area contributed by atoms with Crippen molar-refractivity contribution < 1.29 is 19.4 Å². The van der Waals surface area contributed by atoms with Gasteiger partial charge in [-0.2, -0.15) is 0 Å². The Labute approximate surface area is 183 Å². The number of halogens is 1. The summed E-state index contributed by atoms with van der Waals surface area (Å²) < 4.78 is 12.4. The lowest BCUT2D eigenvalue weighted by atomic mass is 10.1. The van der Waals surface area contributed by atoms with Gasteiger partial charge in [0.25, 0.3) is 0 Å². The highest BCUT2D eigenvalue weighted by Gasteiger charge is 2.12. The fourth-order valence-corrected chi connectivity index (χ4v) is 3.49. The molecule has 0 radical (unpaired) electrons. The van der Waals surface area contributed by atoms with Crippen LogP contribution in [0.3, 0.4) is 0 Å². The van der Waals surface area contributed by atoms with E-state index in [1.165, 1.54) is 0 Å². The number of nitrogens with zero attached hydrogens (tertiary/aromatic N) is 1. The summed E-state index contributed by atoms with van der Waals surface area (Å²) in [6.07, 6.45) is 1.81. The van der Waals surface area contributed by atoms with Crippen molar-refractivity contribution in [3.05, 3.63) is 86.5 Å². The van der Waals surface area contributed by atoms with Crippen LogP contribution in [0.1, 0.15) is 27.0 Å². The third-order valence-electron chi connectivity index (χ3n) is 4.30. The monoisotopic (exact) mass is 501 g/mol. The Kier molecular flexibility index (Phi) is 6.87. The van der Waals surface area contributed by atoms with Crippen molar-refractivity contribution in [3.63, 3.8) is 0 Å². The van der Waals surface area contributed by atoms with Gasteiger partial charge in [0.1, 0.15) is 6.61 Å². The van der Waals surface area contributed by atoms with E-state index in [2.05, 4.69) is 27.6 Å².